The zero-order valence-electron chi connectivity index (χ0n) is 14.9. The largest absolute Gasteiger partial charge is 0.468 e. The zero-order valence-corrected chi connectivity index (χ0v) is 14.9. The van der Waals surface area contributed by atoms with Crippen LogP contribution >= 0.6 is 0 Å². The lowest BCUT2D eigenvalue weighted by Crippen LogP contribution is -2.25. The Balaban J connectivity index is 1.50. The maximum absolute atomic E-state index is 13.2. The van der Waals surface area contributed by atoms with Crippen LogP contribution in [0.25, 0.3) is 5.69 Å². The lowest BCUT2D eigenvalue weighted by atomic mass is 9.96. The van der Waals surface area contributed by atoms with Gasteiger partial charge < -0.3 is 9.73 Å². The average molecular weight is 351 g/mol. The van der Waals surface area contributed by atoms with Crippen LogP contribution in [0.3, 0.4) is 0 Å². The van der Waals surface area contributed by atoms with E-state index in [-0.39, 0.29) is 5.82 Å². The summed E-state index contributed by atoms with van der Waals surface area (Å²) in [6, 6.07) is 10.7. The maximum Gasteiger partial charge on any atom is 0.123 e. The monoisotopic (exact) mass is 351 g/mol. The van der Waals surface area contributed by atoms with Gasteiger partial charge in [0.2, 0.25) is 0 Å². The third kappa shape index (κ3) is 3.22. The van der Waals surface area contributed by atoms with Gasteiger partial charge in [-0.1, -0.05) is 12.2 Å². The highest BCUT2D eigenvalue weighted by Gasteiger charge is 2.26. The first-order valence-electron chi connectivity index (χ1n) is 8.88. The summed E-state index contributed by atoms with van der Waals surface area (Å²) in [7, 11) is 0. The highest BCUT2D eigenvalue weighted by Crippen LogP contribution is 2.34. The number of benzene rings is 1. The molecule has 2 aromatic heterocycles. The molecule has 2 atom stereocenters. The summed E-state index contributed by atoms with van der Waals surface area (Å²) in [5.74, 6) is 1.04. The second-order valence-corrected chi connectivity index (χ2v) is 6.77. The van der Waals surface area contributed by atoms with Gasteiger partial charge in [0.1, 0.15) is 11.6 Å². The number of aromatic nitrogens is 2. The molecule has 0 spiro atoms. The Labute approximate surface area is 152 Å². The van der Waals surface area contributed by atoms with Gasteiger partial charge in [-0.2, -0.15) is 5.10 Å². The van der Waals surface area contributed by atoms with Crippen LogP contribution in [0, 0.1) is 19.7 Å². The Morgan fingerprint density at radius 2 is 2.00 bits per heavy atom. The van der Waals surface area contributed by atoms with Crippen molar-refractivity contribution in [2.45, 2.75) is 38.8 Å². The van der Waals surface area contributed by atoms with Crippen molar-refractivity contribution in [3.8, 4) is 5.69 Å². The van der Waals surface area contributed by atoms with Crippen molar-refractivity contribution in [2.75, 3.05) is 0 Å². The van der Waals surface area contributed by atoms with Crippen molar-refractivity contribution in [2.24, 2.45) is 0 Å². The minimum Gasteiger partial charge on any atom is -0.468 e. The van der Waals surface area contributed by atoms with E-state index in [1.54, 1.807) is 18.4 Å². The second-order valence-electron chi connectivity index (χ2n) is 6.77. The molecule has 1 aliphatic rings. The Hall–Kier alpha value is -2.66. The first-order chi connectivity index (χ1) is 12.6. The lowest BCUT2D eigenvalue weighted by Gasteiger charge is -2.14. The molecule has 1 aliphatic carbocycles. The first-order valence-corrected chi connectivity index (χ1v) is 8.88. The van der Waals surface area contributed by atoms with Gasteiger partial charge in [-0.25, -0.2) is 9.07 Å². The van der Waals surface area contributed by atoms with Gasteiger partial charge in [0.15, 0.2) is 0 Å². The second kappa shape index (κ2) is 6.92. The van der Waals surface area contributed by atoms with Crippen LogP contribution in [-0.2, 0) is 6.54 Å². The third-order valence-electron chi connectivity index (χ3n) is 4.99. The Kier molecular flexibility index (Phi) is 4.47. The predicted molar refractivity (Wildman–Crippen MR) is 98.8 cm³/mol. The molecule has 4 rings (SSSR count). The molecule has 0 unspecified atom stereocenters. The van der Waals surface area contributed by atoms with E-state index in [2.05, 4.69) is 24.4 Å². The minimum atomic E-state index is -0.236. The molecule has 0 amide bonds. The molecule has 1 N–H and O–H groups in total. The number of halogens is 1. The summed E-state index contributed by atoms with van der Waals surface area (Å²) < 4.78 is 20.5. The Morgan fingerprint density at radius 1 is 1.19 bits per heavy atom. The summed E-state index contributed by atoms with van der Waals surface area (Å²) in [4.78, 5) is 0. The Morgan fingerprint density at radius 3 is 2.73 bits per heavy atom. The molecule has 3 aromatic rings. The van der Waals surface area contributed by atoms with Gasteiger partial charge in [0.25, 0.3) is 0 Å². The normalized spacial score (nSPS) is 19.3. The van der Waals surface area contributed by atoms with Crippen molar-refractivity contribution in [1.82, 2.24) is 15.1 Å². The summed E-state index contributed by atoms with van der Waals surface area (Å²) in [5, 5.41) is 8.21. The maximum atomic E-state index is 13.2. The van der Waals surface area contributed by atoms with Crippen LogP contribution in [0.4, 0.5) is 4.39 Å². The van der Waals surface area contributed by atoms with Crippen LogP contribution in [0.15, 0.2) is 59.2 Å². The molecule has 0 fully saturated rings. The number of nitrogens with one attached hydrogen (secondary N) is 1. The van der Waals surface area contributed by atoms with Gasteiger partial charge in [-0.05, 0) is 56.7 Å². The van der Waals surface area contributed by atoms with E-state index in [1.807, 2.05) is 23.7 Å². The molecule has 2 heterocycles. The lowest BCUT2D eigenvalue weighted by molar-refractivity contribution is 0.461. The first kappa shape index (κ1) is 16.8. The van der Waals surface area contributed by atoms with Gasteiger partial charge >= 0.3 is 0 Å². The smallest absolute Gasteiger partial charge is 0.123 e. The van der Waals surface area contributed by atoms with Crippen molar-refractivity contribution in [3.63, 3.8) is 0 Å². The molecule has 26 heavy (non-hydrogen) atoms. The summed E-state index contributed by atoms with van der Waals surface area (Å²) in [6.45, 7) is 4.84. The number of allylic oxidation sites excluding steroid dienone is 1. The van der Waals surface area contributed by atoms with Crippen molar-refractivity contribution in [3.05, 3.63) is 83.3 Å². The average Bonchev–Trinajstić information content (AvgIpc) is 3.35. The van der Waals surface area contributed by atoms with Gasteiger partial charge in [0.05, 0.1) is 24.2 Å². The van der Waals surface area contributed by atoms with Crippen LogP contribution in [0.2, 0.25) is 0 Å². The number of hydrogen-bond donors (Lipinski definition) is 1. The van der Waals surface area contributed by atoms with Crippen LogP contribution in [0.1, 0.15) is 35.1 Å². The van der Waals surface area contributed by atoms with E-state index in [0.29, 0.717) is 12.0 Å². The van der Waals surface area contributed by atoms with E-state index in [9.17, 15) is 4.39 Å². The number of nitrogens with zero attached hydrogens (tertiary/aromatic N) is 2. The minimum absolute atomic E-state index is 0.236. The summed E-state index contributed by atoms with van der Waals surface area (Å²) in [6.07, 6.45) is 7.17. The van der Waals surface area contributed by atoms with E-state index in [4.69, 9.17) is 9.52 Å². The predicted octanol–water partition coefficient (Wildman–Crippen LogP) is 4.42. The molecule has 0 aliphatic heterocycles. The fourth-order valence-electron chi connectivity index (χ4n) is 3.73. The Bertz CT molecular complexity index is 910. The van der Waals surface area contributed by atoms with E-state index >= 15 is 0 Å². The topological polar surface area (TPSA) is 43.0 Å². The summed E-state index contributed by atoms with van der Waals surface area (Å²) >= 11 is 0. The molecule has 0 saturated heterocycles. The number of aryl methyl sites for hydroxylation is 1. The molecule has 0 radical (unpaired) electrons. The molecule has 4 nitrogen and oxygen atoms in total. The molecule has 0 bridgehead atoms. The van der Waals surface area contributed by atoms with Gasteiger partial charge in [0, 0.05) is 23.2 Å². The quantitative estimate of drug-likeness (QED) is 0.692. The van der Waals surface area contributed by atoms with E-state index in [1.165, 1.54) is 17.7 Å². The number of hydrogen-bond acceptors (Lipinski definition) is 3. The molecule has 0 saturated carbocycles. The van der Waals surface area contributed by atoms with Crippen molar-refractivity contribution in [1.29, 1.82) is 0 Å². The highest BCUT2D eigenvalue weighted by molar-refractivity contribution is 5.41. The van der Waals surface area contributed by atoms with Gasteiger partial charge in [-0.3, -0.25) is 0 Å². The molecule has 1 aromatic carbocycles. The van der Waals surface area contributed by atoms with E-state index in [0.717, 1.165) is 35.8 Å². The zero-order chi connectivity index (χ0) is 18.1. The van der Waals surface area contributed by atoms with Crippen LogP contribution in [-0.4, -0.2) is 15.8 Å². The van der Waals surface area contributed by atoms with Gasteiger partial charge in [-0.15, -0.1) is 0 Å². The fourth-order valence-corrected chi connectivity index (χ4v) is 3.73. The molecule has 134 valence electrons. The SMILES string of the molecule is Cc1nn(-c2ccc(F)cc2)c(C)c1[C@H]1C=C[C@@H](NCc2ccco2)C1. The fraction of sp³-hybridized carbons (Fsp3) is 0.286. The number of rotatable bonds is 5. The number of furan rings is 1. The summed E-state index contributed by atoms with van der Waals surface area (Å²) in [5.41, 5.74) is 4.27. The van der Waals surface area contributed by atoms with Crippen molar-refractivity contribution >= 4 is 0 Å². The molecular weight excluding hydrogens is 329 g/mol. The van der Waals surface area contributed by atoms with E-state index < -0.39 is 0 Å². The van der Waals surface area contributed by atoms with Crippen LogP contribution < -0.4 is 5.32 Å². The highest BCUT2D eigenvalue weighted by atomic mass is 19.1. The van der Waals surface area contributed by atoms with Crippen LogP contribution in [0.5, 0.6) is 0 Å². The standard InChI is InChI=1S/C21H22FN3O/c1-14-21(15(2)25(24-14)19-9-6-17(22)7-10-19)16-5-8-18(12-16)23-13-20-4-3-11-26-20/h3-11,16,18,23H,12-13H2,1-2H3/t16-,18+/m0/s1. The molecule has 5 heteroatoms. The molecular formula is C21H22FN3O. The third-order valence-corrected chi connectivity index (χ3v) is 4.99. The van der Waals surface area contributed by atoms with Crippen molar-refractivity contribution < 1.29 is 8.81 Å².